The smallest absolute Gasteiger partial charge is 0.0431 e. The predicted molar refractivity (Wildman–Crippen MR) is 73.1 cm³/mol. The van der Waals surface area contributed by atoms with Crippen LogP contribution >= 0.6 is 0 Å². The number of benzene rings is 1. The topological polar surface area (TPSA) is 32.3 Å². The summed E-state index contributed by atoms with van der Waals surface area (Å²) in [6, 6.07) is 8.65. The van der Waals surface area contributed by atoms with E-state index >= 15 is 0 Å². The number of hydrogen-bond acceptors (Lipinski definition) is 2. The van der Waals surface area contributed by atoms with Gasteiger partial charge in [0, 0.05) is 12.1 Å². The molecule has 0 atom stereocenters. The fourth-order valence-corrected chi connectivity index (χ4v) is 1.95. The summed E-state index contributed by atoms with van der Waals surface area (Å²) < 4.78 is 0. The molecule has 0 amide bonds. The molecule has 0 heterocycles. The van der Waals surface area contributed by atoms with Crippen molar-refractivity contribution < 1.29 is 5.11 Å². The van der Waals surface area contributed by atoms with Gasteiger partial charge in [0.25, 0.3) is 0 Å². The van der Waals surface area contributed by atoms with Crippen LogP contribution in [0.2, 0.25) is 0 Å². The Morgan fingerprint density at radius 3 is 2.59 bits per heavy atom. The molecule has 1 aromatic rings. The maximum atomic E-state index is 8.71. The van der Waals surface area contributed by atoms with Gasteiger partial charge in [-0.05, 0) is 52.1 Å². The van der Waals surface area contributed by atoms with Crippen molar-refractivity contribution in [2.24, 2.45) is 0 Å². The number of rotatable bonds is 7. The van der Waals surface area contributed by atoms with Gasteiger partial charge in [-0.3, -0.25) is 0 Å². The average Bonchev–Trinajstić information content (AvgIpc) is 2.29. The van der Waals surface area contributed by atoms with Gasteiger partial charge in [-0.25, -0.2) is 0 Å². The molecule has 0 aliphatic heterocycles. The molecule has 0 unspecified atom stereocenters. The van der Waals surface area contributed by atoms with Gasteiger partial charge >= 0.3 is 0 Å². The van der Waals surface area contributed by atoms with Crippen molar-refractivity contribution in [2.45, 2.75) is 45.6 Å². The molecule has 1 aromatic carbocycles. The number of aliphatic hydroxyl groups is 1. The first-order chi connectivity index (χ1) is 8.06. The van der Waals surface area contributed by atoms with Crippen molar-refractivity contribution in [3.63, 3.8) is 0 Å². The minimum atomic E-state index is 0.0191. The van der Waals surface area contributed by atoms with E-state index in [-0.39, 0.29) is 5.54 Å². The highest BCUT2D eigenvalue weighted by atomic mass is 16.2. The highest BCUT2D eigenvalue weighted by Crippen LogP contribution is 2.20. The third kappa shape index (κ3) is 4.88. The zero-order chi connectivity index (χ0) is 12.7. The Morgan fingerprint density at radius 1 is 1.18 bits per heavy atom. The van der Waals surface area contributed by atoms with Crippen molar-refractivity contribution in [1.29, 1.82) is 0 Å². The number of aryl methyl sites for hydroxylation is 1. The normalized spacial score (nSPS) is 11.8. The molecule has 0 fully saturated rings. The summed E-state index contributed by atoms with van der Waals surface area (Å²) in [4.78, 5) is 0. The number of hydrogen-bond donors (Lipinski definition) is 2. The highest BCUT2D eigenvalue weighted by molar-refractivity contribution is 5.27. The molecule has 0 aliphatic rings. The Bertz CT molecular complexity index is 333. The zero-order valence-corrected chi connectivity index (χ0v) is 11.3. The molecular weight excluding hydrogens is 210 g/mol. The standard InChI is InChI=1S/C15H25NO/c1-13-8-7-9-14(12-13)15(2,3)16-10-5-4-6-11-17/h7-9,12,16-17H,4-6,10-11H2,1-3H3. The molecule has 96 valence electrons. The summed E-state index contributed by atoms with van der Waals surface area (Å²) in [5, 5.41) is 12.3. The van der Waals surface area contributed by atoms with E-state index < -0.39 is 0 Å². The summed E-state index contributed by atoms with van der Waals surface area (Å²) in [5.74, 6) is 0. The van der Waals surface area contributed by atoms with E-state index in [1.54, 1.807) is 0 Å². The van der Waals surface area contributed by atoms with E-state index in [4.69, 9.17) is 5.11 Å². The van der Waals surface area contributed by atoms with Gasteiger partial charge in [0.15, 0.2) is 0 Å². The van der Waals surface area contributed by atoms with Crippen LogP contribution in [0.3, 0.4) is 0 Å². The molecule has 2 heteroatoms. The molecule has 0 bridgehead atoms. The monoisotopic (exact) mass is 235 g/mol. The lowest BCUT2D eigenvalue weighted by atomic mass is 9.93. The predicted octanol–water partition coefficient (Wildman–Crippen LogP) is 2.98. The second kappa shape index (κ2) is 6.77. The first-order valence-electron chi connectivity index (χ1n) is 6.49. The van der Waals surface area contributed by atoms with E-state index in [1.807, 2.05) is 0 Å². The Hall–Kier alpha value is -0.860. The van der Waals surface area contributed by atoms with Crippen LogP contribution in [0, 0.1) is 6.92 Å². The van der Waals surface area contributed by atoms with Crippen LogP contribution in [0.5, 0.6) is 0 Å². The summed E-state index contributed by atoms with van der Waals surface area (Å²) in [7, 11) is 0. The van der Waals surface area contributed by atoms with Crippen LogP contribution in [0.4, 0.5) is 0 Å². The van der Waals surface area contributed by atoms with Crippen molar-refractivity contribution >= 4 is 0 Å². The molecule has 0 saturated heterocycles. The molecule has 0 saturated carbocycles. The lowest BCUT2D eigenvalue weighted by Crippen LogP contribution is -2.37. The van der Waals surface area contributed by atoms with E-state index in [2.05, 4.69) is 50.4 Å². The number of nitrogens with one attached hydrogen (secondary N) is 1. The van der Waals surface area contributed by atoms with Gasteiger partial charge in [0.05, 0.1) is 0 Å². The molecular formula is C15H25NO. The molecule has 0 aromatic heterocycles. The maximum absolute atomic E-state index is 8.71. The van der Waals surface area contributed by atoms with Gasteiger partial charge in [-0.1, -0.05) is 29.8 Å². The lowest BCUT2D eigenvalue weighted by molar-refractivity contribution is 0.281. The lowest BCUT2D eigenvalue weighted by Gasteiger charge is -2.27. The molecule has 1 rings (SSSR count). The number of unbranched alkanes of at least 4 members (excludes halogenated alkanes) is 2. The Morgan fingerprint density at radius 2 is 1.94 bits per heavy atom. The third-order valence-electron chi connectivity index (χ3n) is 3.14. The first kappa shape index (κ1) is 14.2. The molecule has 2 N–H and O–H groups in total. The van der Waals surface area contributed by atoms with Gasteiger partial charge in [0.1, 0.15) is 0 Å². The van der Waals surface area contributed by atoms with E-state index in [0.717, 1.165) is 25.8 Å². The Labute approximate surface area is 105 Å². The maximum Gasteiger partial charge on any atom is 0.0431 e. The fourth-order valence-electron chi connectivity index (χ4n) is 1.95. The van der Waals surface area contributed by atoms with Crippen molar-refractivity contribution in [3.8, 4) is 0 Å². The Balaban J connectivity index is 2.45. The summed E-state index contributed by atoms with van der Waals surface area (Å²) in [6.07, 6.45) is 3.12. The van der Waals surface area contributed by atoms with Crippen LogP contribution in [0.15, 0.2) is 24.3 Å². The van der Waals surface area contributed by atoms with Crippen LogP contribution in [-0.4, -0.2) is 18.3 Å². The largest absolute Gasteiger partial charge is 0.396 e. The quantitative estimate of drug-likeness (QED) is 0.712. The van der Waals surface area contributed by atoms with Crippen LogP contribution < -0.4 is 5.32 Å². The van der Waals surface area contributed by atoms with Crippen LogP contribution in [0.25, 0.3) is 0 Å². The zero-order valence-electron chi connectivity index (χ0n) is 11.3. The van der Waals surface area contributed by atoms with E-state index in [1.165, 1.54) is 11.1 Å². The molecule has 17 heavy (non-hydrogen) atoms. The average molecular weight is 235 g/mol. The highest BCUT2D eigenvalue weighted by Gasteiger charge is 2.18. The molecule has 0 radical (unpaired) electrons. The van der Waals surface area contributed by atoms with Gasteiger partial charge < -0.3 is 10.4 Å². The summed E-state index contributed by atoms with van der Waals surface area (Å²) in [5.41, 5.74) is 2.66. The van der Waals surface area contributed by atoms with Gasteiger partial charge in [-0.2, -0.15) is 0 Å². The van der Waals surface area contributed by atoms with Gasteiger partial charge in [0.2, 0.25) is 0 Å². The summed E-state index contributed by atoms with van der Waals surface area (Å²) in [6.45, 7) is 7.87. The van der Waals surface area contributed by atoms with Crippen molar-refractivity contribution in [2.75, 3.05) is 13.2 Å². The Kier molecular flexibility index (Phi) is 5.66. The molecule has 0 aliphatic carbocycles. The van der Waals surface area contributed by atoms with Crippen LogP contribution in [-0.2, 0) is 5.54 Å². The van der Waals surface area contributed by atoms with Crippen molar-refractivity contribution in [1.82, 2.24) is 5.32 Å². The minimum absolute atomic E-state index is 0.0191. The number of aliphatic hydroxyl groups excluding tert-OH is 1. The van der Waals surface area contributed by atoms with Crippen LogP contribution in [0.1, 0.15) is 44.2 Å². The second-order valence-corrected chi connectivity index (χ2v) is 5.21. The van der Waals surface area contributed by atoms with E-state index in [0.29, 0.717) is 6.61 Å². The molecule has 0 spiro atoms. The van der Waals surface area contributed by atoms with Crippen molar-refractivity contribution in [3.05, 3.63) is 35.4 Å². The van der Waals surface area contributed by atoms with Gasteiger partial charge in [-0.15, -0.1) is 0 Å². The summed E-state index contributed by atoms with van der Waals surface area (Å²) >= 11 is 0. The third-order valence-corrected chi connectivity index (χ3v) is 3.14. The SMILES string of the molecule is Cc1cccc(C(C)(C)NCCCCCO)c1. The van der Waals surface area contributed by atoms with E-state index in [9.17, 15) is 0 Å². The molecule has 2 nitrogen and oxygen atoms in total. The minimum Gasteiger partial charge on any atom is -0.396 e. The second-order valence-electron chi connectivity index (χ2n) is 5.21. The fraction of sp³-hybridized carbons (Fsp3) is 0.600. The first-order valence-corrected chi connectivity index (χ1v) is 6.49.